The van der Waals surface area contributed by atoms with Crippen LogP contribution < -0.4 is 0 Å². The van der Waals surface area contributed by atoms with Crippen LogP contribution in [0.25, 0.3) is 11.8 Å². The fourth-order valence-electron chi connectivity index (χ4n) is 9.65. The zero-order valence-corrected chi connectivity index (χ0v) is 27.7. The summed E-state index contributed by atoms with van der Waals surface area (Å²) in [6, 6.07) is 12.4. The lowest BCUT2D eigenvalue weighted by molar-refractivity contribution is -0.197. The van der Waals surface area contributed by atoms with Crippen LogP contribution in [-0.4, -0.2) is 51.4 Å². The van der Waals surface area contributed by atoms with Crippen molar-refractivity contribution in [3.8, 4) is 5.69 Å². The van der Waals surface area contributed by atoms with Gasteiger partial charge in [-0.25, -0.2) is 13.5 Å². The van der Waals surface area contributed by atoms with E-state index < -0.39 is 34.0 Å². The average Bonchev–Trinajstić information content (AvgIpc) is 3.57. The fourth-order valence-corrected chi connectivity index (χ4v) is 10.7. The molecule has 248 valence electrons. The highest BCUT2D eigenvalue weighted by atomic mass is 32.2. The van der Waals surface area contributed by atoms with Crippen LogP contribution in [0.1, 0.15) is 63.6 Å². The lowest BCUT2D eigenvalue weighted by Crippen LogP contribution is -2.62. The summed E-state index contributed by atoms with van der Waals surface area (Å²) in [5, 5.41) is 16.4. The maximum absolute atomic E-state index is 14.8. The lowest BCUT2D eigenvalue weighted by Gasteiger charge is -2.60. The molecule has 0 bridgehead atoms. The van der Waals surface area contributed by atoms with E-state index in [1.165, 1.54) is 30.9 Å². The number of benzene rings is 2. The van der Waals surface area contributed by atoms with E-state index in [1.807, 2.05) is 17.8 Å². The molecular weight excluding hydrogens is 622 g/mol. The van der Waals surface area contributed by atoms with Crippen LogP contribution in [0.3, 0.4) is 0 Å². The van der Waals surface area contributed by atoms with E-state index in [0.717, 1.165) is 41.5 Å². The van der Waals surface area contributed by atoms with Crippen molar-refractivity contribution >= 4 is 28.9 Å². The molecule has 0 aliphatic heterocycles. The summed E-state index contributed by atoms with van der Waals surface area (Å²) >= 11 is 0.785. The van der Waals surface area contributed by atoms with Crippen LogP contribution in [-0.2, 0) is 25.5 Å². The van der Waals surface area contributed by atoms with Crippen molar-refractivity contribution in [3.05, 3.63) is 83.2 Å². The quantitative estimate of drug-likeness (QED) is 0.217. The van der Waals surface area contributed by atoms with Gasteiger partial charge >= 0.3 is 5.97 Å². The van der Waals surface area contributed by atoms with E-state index >= 15 is 0 Å². The first kappa shape index (κ1) is 32.2. The number of aromatic nitrogens is 2. The van der Waals surface area contributed by atoms with Gasteiger partial charge in [-0.3, -0.25) is 9.59 Å². The molecule has 4 aliphatic carbocycles. The highest BCUT2D eigenvalue weighted by Crippen LogP contribution is 2.69. The highest BCUT2D eigenvalue weighted by molar-refractivity contribution is 8.13. The molecule has 2 aromatic carbocycles. The second-order valence-corrected chi connectivity index (χ2v) is 15.1. The average molecular weight is 663 g/mol. The zero-order chi connectivity index (χ0) is 33.1. The first-order valence-corrected chi connectivity index (χ1v) is 17.2. The third-order valence-electron chi connectivity index (χ3n) is 11.8. The number of fused-ring (bicyclic) bond motifs is 6. The van der Waals surface area contributed by atoms with Gasteiger partial charge in [-0.2, -0.15) is 5.10 Å². The molecule has 0 saturated heterocycles. The van der Waals surface area contributed by atoms with Gasteiger partial charge in [0.05, 0.1) is 41.6 Å². The Balaban J connectivity index is 1.22. The number of thioether (sulfide) groups is 1. The minimum absolute atomic E-state index is 0.00852. The number of hydrogen-bond donors (Lipinski definition) is 1. The monoisotopic (exact) mass is 662 g/mol. The van der Waals surface area contributed by atoms with E-state index in [0.29, 0.717) is 19.3 Å². The smallest absolute Gasteiger partial charge is 0.309 e. The second-order valence-electron chi connectivity index (χ2n) is 14.1. The fraction of sp³-hybridized carbons (Fsp3) is 0.486. The molecule has 3 saturated carbocycles. The van der Waals surface area contributed by atoms with Crippen molar-refractivity contribution in [2.75, 3.05) is 13.7 Å². The Labute approximate surface area is 277 Å². The number of carbonyl (C=O) groups excluding carboxylic acids is 2. The summed E-state index contributed by atoms with van der Waals surface area (Å²) in [4.78, 5) is 27.8. The topological polar surface area (TPSA) is 90.7 Å². The van der Waals surface area contributed by atoms with E-state index in [4.69, 9.17) is 9.47 Å². The number of aliphatic hydroxyl groups excluding tert-OH is 1. The van der Waals surface area contributed by atoms with Crippen molar-refractivity contribution in [2.45, 2.75) is 75.4 Å². The summed E-state index contributed by atoms with van der Waals surface area (Å²) in [6.45, 7) is 4.39. The van der Waals surface area contributed by atoms with E-state index in [1.54, 1.807) is 30.3 Å². The molecule has 1 heterocycles. The van der Waals surface area contributed by atoms with Crippen molar-refractivity contribution in [3.63, 3.8) is 0 Å². The number of rotatable bonds is 7. The third-order valence-corrected chi connectivity index (χ3v) is 12.9. The van der Waals surface area contributed by atoms with Crippen LogP contribution in [0.2, 0.25) is 0 Å². The summed E-state index contributed by atoms with van der Waals surface area (Å²) in [5.41, 5.74) is 1.40. The molecule has 7 nitrogen and oxygen atoms in total. The molecule has 0 amide bonds. The maximum Gasteiger partial charge on any atom is 0.309 e. The Kier molecular flexibility index (Phi) is 8.20. The van der Waals surface area contributed by atoms with Gasteiger partial charge in [0.25, 0.3) is 0 Å². The van der Waals surface area contributed by atoms with Crippen LogP contribution in [0.4, 0.5) is 8.78 Å². The number of allylic oxidation sites excluding steroid dienone is 1. The number of hydrogen-bond acceptors (Lipinski definition) is 7. The van der Waals surface area contributed by atoms with Crippen molar-refractivity contribution in [1.29, 1.82) is 0 Å². The number of esters is 1. The van der Waals surface area contributed by atoms with E-state index in [9.17, 15) is 23.5 Å². The number of aliphatic hydroxyl groups is 1. The molecule has 3 aromatic rings. The largest absolute Gasteiger partial charge is 0.449 e. The molecule has 7 atom stereocenters. The zero-order valence-electron chi connectivity index (χ0n) is 26.9. The van der Waals surface area contributed by atoms with Gasteiger partial charge in [0.1, 0.15) is 11.6 Å². The van der Waals surface area contributed by atoms with Gasteiger partial charge in [-0.15, -0.1) is 0 Å². The SMILES string of the molecule is COCCC(=O)O[C@]1(C(=O)Sc2ccccc2F)CC[C@H]2[C@@H]3CCC4=Cc5c(cnn5-c5ccc(F)cc5)C[C@]4(C)[C@H]3[C@@H](O)C[C@@]21C. The molecule has 47 heavy (non-hydrogen) atoms. The molecule has 1 N–H and O–H groups in total. The summed E-state index contributed by atoms with van der Waals surface area (Å²) in [6.07, 6.45) is 6.92. The lowest BCUT2D eigenvalue weighted by atomic mass is 9.45. The molecule has 0 spiro atoms. The van der Waals surface area contributed by atoms with Crippen LogP contribution in [0.5, 0.6) is 0 Å². The number of halogens is 2. The van der Waals surface area contributed by atoms with Gasteiger partial charge < -0.3 is 14.6 Å². The summed E-state index contributed by atoms with van der Waals surface area (Å²) < 4.78 is 41.6. The molecule has 0 radical (unpaired) electrons. The third kappa shape index (κ3) is 5.09. The molecule has 4 aliphatic rings. The first-order chi connectivity index (χ1) is 22.5. The summed E-state index contributed by atoms with van der Waals surface area (Å²) in [5.74, 6) is -1.31. The number of ether oxygens (including phenoxy) is 2. The van der Waals surface area contributed by atoms with Gasteiger partial charge in [0.2, 0.25) is 5.12 Å². The molecule has 7 rings (SSSR count). The minimum Gasteiger partial charge on any atom is -0.449 e. The molecule has 1 aromatic heterocycles. The Bertz CT molecular complexity index is 1740. The Morgan fingerprint density at radius 3 is 2.62 bits per heavy atom. The van der Waals surface area contributed by atoms with Crippen molar-refractivity contribution in [2.24, 2.45) is 28.6 Å². The maximum atomic E-state index is 14.8. The molecule has 3 fully saturated rings. The van der Waals surface area contributed by atoms with Gasteiger partial charge in [0, 0.05) is 12.5 Å². The van der Waals surface area contributed by atoms with Gasteiger partial charge in [-0.05, 0) is 121 Å². The predicted octanol–water partition coefficient (Wildman–Crippen LogP) is 6.94. The Morgan fingerprint density at radius 1 is 1.11 bits per heavy atom. The van der Waals surface area contributed by atoms with E-state index in [-0.39, 0.29) is 53.3 Å². The predicted molar refractivity (Wildman–Crippen MR) is 174 cm³/mol. The van der Waals surface area contributed by atoms with Gasteiger partial charge in [-0.1, -0.05) is 31.6 Å². The van der Waals surface area contributed by atoms with E-state index in [2.05, 4.69) is 18.1 Å². The van der Waals surface area contributed by atoms with Crippen molar-refractivity contribution < 1.29 is 33.0 Å². The summed E-state index contributed by atoms with van der Waals surface area (Å²) in [7, 11) is 1.50. The van der Waals surface area contributed by atoms with Crippen LogP contribution in [0, 0.1) is 40.2 Å². The van der Waals surface area contributed by atoms with Crippen molar-refractivity contribution in [1.82, 2.24) is 9.78 Å². The number of carbonyl (C=O) groups is 2. The second kappa shape index (κ2) is 12.0. The molecule has 0 unspecified atom stereocenters. The molecule has 10 heteroatoms. The van der Waals surface area contributed by atoms with Crippen LogP contribution in [0.15, 0.2) is 65.2 Å². The highest BCUT2D eigenvalue weighted by Gasteiger charge is 2.70. The number of nitrogens with zero attached hydrogens (tertiary/aromatic N) is 2. The van der Waals surface area contributed by atoms with Crippen LogP contribution >= 0.6 is 11.8 Å². The first-order valence-electron chi connectivity index (χ1n) is 16.4. The van der Waals surface area contributed by atoms with Gasteiger partial charge in [0.15, 0.2) is 5.60 Å². The normalized spacial score (nSPS) is 32.4. The Morgan fingerprint density at radius 2 is 1.87 bits per heavy atom. The molecular formula is C37H40F2N2O5S. The Hall–Kier alpha value is -3.34. The minimum atomic E-state index is -1.52. The standard InChI is InChI=1S/C37H40F2N2O5S/c1-35-19-22-21-40-41(25-11-9-24(38)10-12-25)29(22)18-23(35)8-13-26-27-14-16-37(46-32(43)15-17-45-3,36(27,2)20-30(42)33(26)35)34(44)47-31-7-5-4-6-28(31)39/h4-7,9-12,18,21,26-27,30,33,42H,8,13-17,19-20H2,1-3H3/t26-,27-,30-,33+,35-,36-,37-/m0/s1. The number of methoxy groups -OCH3 is 1.